The maximum atomic E-state index is 6.05. The van der Waals surface area contributed by atoms with E-state index in [1.54, 1.807) is 0 Å². The van der Waals surface area contributed by atoms with Gasteiger partial charge in [-0.05, 0) is 49.9 Å². The third kappa shape index (κ3) is 3.01. The fourth-order valence-electron chi connectivity index (χ4n) is 2.50. The van der Waals surface area contributed by atoms with E-state index in [9.17, 15) is 0 Å². The summed E-state index contributed by atoms with van der Waals surface area (Å²) in [5.74, 6) is 1.59. The van der Waals surface area contributed by atoms with E-state index in [2.05, 4.69) is 43.4 Å². The summed E-state index contributed by atoms with van der Waals surface area (Å²) in [5.41, 5.74) is 1.37. The largest absolute Gasteiger partial charge is 0.489 e. The molecule has 17 heavy (non-hydrogen) atoms. The van der Waals surface area contributed by atoms with Crippen LogP contribution in [0.2, 0.25) is 0 Å². The Balaban J connectivity index is 1.99. The van der Waals surface area contributed by atoms with E-state index in [1.807, 2.05) is 7.05 Å². The third-order valence-corrected chi connectivity index (χ3v) is 3.66. The van der Waals surface area contributed by atoms with Gasteiger partial charge in [-0.25, -0.2) is 0 Å². The summed E-state index contributed by atoms with van der Waals surface area (Å²) in [7, 11) is 2.02. The fraction of sp³-hybridized carbons (Fsp3) is 0.600. The zero-order valence-corrected chi connectivity index (χ0v) is 11.1. The highest BCUT2D eigenvalue weighted by atomic mass is 16.5. The summed E-state index contributed by atoms with van der Waals surface area (Å²) in [6.07, 6.45) is 3.99. The lowest BCUT2D eigenvalue weighted by Gasteiger charge is -2.21. The summed E-state index contributed by atoms with van der Waals surface area (Å²) in [4.78, 5) is 0. The lowest BCUT2D eigenvalue weighted by molar-refractivity contribution is 0.179. The van der Waals surface area contributed by atoms with Crippen LogP contribution in [0, 0.1) is 0 Å². The van der Waals surface area contributed by atoms with Crippen molar-refractivity contribution in [3.63, 3.8) is 0 Å². The maximum absolute atomic E-state index is 6.05. The van der Waals surface area contributed by atoms with Gasteiger partial charge in [0, 0.05) is 6.04 Å². The predicted molar refractivity (Wildman–Crippen MR) is 71.6 cm³/mol. The molecule has 2 rings (SSSR count). The molecule has 1 aliphatic carbocycles. The second kappa shape index (κ2) is 5.54. The molecule has 1 fully saturated rings. The van der Waals surface area contributed by atoms with E-state index in [4.69, 9.17) is 4.74 Å². The molecule has 2 nitrogen and oxygen atoms in total. The first-order chi connectivity index (χ1) is 8.20. The molecule has 0 heterocycles. The number of hydrogen-bond donors (Lipinski definition) is 1. The average molecular weight is 233 g/mol. The Morgan fingerprint density at radius 3 is 2.47 bits per heavy atom. The van der Waals surface area contributed by atoms with Gasteiger partial charge in [0.15, 0.2) is 0 Å². The topological polar surface area (TPSA) is 21.3 Å². The number of ether oxygens (including phenoxy) is 1. The highest BCUT2D eigenvalue weighted by Crippen LogP contribution is 2.25. The fourth-order valence-corrected chi connectivity index (χ4v) is 2.50. The second-order valence-corrected chi connectivity index (χ2v) is 5.21. The Labute approximate surface area is 104 Å². The lowest BCUT2D eigenvalue weighted by atomic mass is 10.0. The van der Waals surface area contributed by atoms with E-state index in [0.717, 1.165) is 12.2 Å². The number of likely N-dealkylation sites (N-methyl/N-ethyl adjacent to an activating group) is 1. The summed E-state index contributed by atoms with van der Waals surface area (Å²) in [6, 6.07) is 9.05. The van der Waals surface area contributed by atoms with Gasteiger partial charge in [-0.15, -0.1) is 0 Å². The van der Waals surface area contributed by atoms with Crippen molar-refractivity contribution in [1.29, 1.82) is 0 Å². The molecule has 1 aromatic rings. The molecule has 2 heteroatoms. The van der Waals surface area contributed by atoms with E-state index in [0.29, 0.717) is 18.1 Å². The molecule has 0 aromatic heterocycles. The van der Waals surface area contributed by atoms with Crippen molar-refractivity contribution in [3.8, 4) is 5.75 Å². The summed E-state index contributed by atoms with van der Waals surface area (Å²) in [5, 5.41) is 3.34. The van der Waals surface area contributed by atoms with Gasteiger partial charge in [-0.1, -0.05) is 26.0 Å². The van der Waals surface area contributed by atoms with Crippen molar-refractivity contribution in [2.75, 3.05) is 7.05 Å². The van der Waals surface area contributed by atoms with Crippen LogP contribution in [0.5, 0.6) is 5.75 Å². The smallest absolute Gasteiger partial charge is 0.119 e. The quantitative estimate of drug-likeness (QED) is 0.861. The first kappa shape index (κ1) is 12.4. The van der Waals surface area contributed by atoms with Crippen molar-refractivity contribution in [3.05, 3.63) is 29.8 Å². The van der Waals surface area contributed by atoms with Crippen LogP contribution in [0.1, 0.15) is 44.6 Å². The van der Waals surface area contributed by atoms with E-state index < -0.39 is 0 Å². The van der Waals surface area contributed by atoms with Crippen LogP contribution in [-0.2, 0) is 0 Å². The monoisotopic (exact) mass is 233 g/mol. The average Bonchev–Trinajstić information content (AvgIpc) is 2.77. The molecule has 1 N–H and O–H groups in total. The number of hydrogen-bond acceptors (Lipinski definition) is 2. The normalized spacial score (nSPS) is 24.2. The third-order valence-electron chi connectivity index (χ3n) is 3.66. The predicted octanol–water partition coefficient (Wildman–Crippen LogP) is 3.33. The van der Waals surface area contributed by atoms with Crippen molar-refractivity contribution >= 4 is 0 Å². The summed E-state index contributed by atoms with van der Waals surface area (Å²) < 4.78 is 6.05. The standard InChI is InChI=1S/C15H23NO/c1-11(2)12-7-9-13(10-8-12)17-15-6-4-5-14(15)16-3/h7-11,14-16H,4-6H2,1-3H3. The van der Waals surface area contributed by atoms with Gasteiger partial charge in [0.25, 0.3) is 0 Å². The Morgan fingerprint density at radius 2 is 1.88 bits per heavy atom. The molecule has 0 spiro atoms. The van der Waals surface area contributed by atoms with Crippen LogP contribution in [0.25, 0.3) is 0 Å². The van der Waals surface area contributed by atoms with Crippen molar-refractivity contribution < 1.29 is 4.74 Å². The molecule has 1 saturated carbocycles. The SMILES string of the molecule is CNC1CCCC1Oc1ccc(C(C)C)cc1. The molecule has 0 bridgehead atoms. The minimum Gasteiger partial charge on any atom is -0.489 e. The zero-order chi connectivity index (χ0) is 12.3. The van der Waals surface area contributed by atoms with Gasteiger partial charge in [-0.3, -0.25) is 0 Å². The van der Waals surface area contributed by atoms with Gasteiger partial charge in [0.1, 0.15) is 11.9 Å². The minimum atomic E-state index is 0.338. The van der Waals surface area contributed by atoms with Gasteiger partial charge in [0.05, 0.1) is 0 Å². The first-order valence-electron chi connectivity index (χ1n) is 6.64. The molecule has 1 aromatic carbocycles. The zero-order valence-electron chi connectivity index (χ0n) is 11.1. The van der Waals surface area contributed by atoms with Crippen LogP contribution in [0.15, 0.2) is 24.3 Å². The maximum Gasteiger partial charge on any atom is 0.119 e. The molecule has 94 valence electrons. The molecule has 2 unspecified atom stereocenters. The van der Waals surface area contributed by atoms with E-state index in [1.165, 1.54) is 18.4 Å². The van der Waals surface area contributed by atoms with Crippen LogP contribution >= 0.6 is 0 Å². The van der Waals surface area contributed by atoms with Crippen molar-refractivity contribution in [2.45, 2.75) is 51.2 Å². The molecule has 1 aliphatic rings. The van der Waals surface area contributed by atoms with Crippen LogP contribution in [0.4, 0.5) is 0 Å². The van der Waals surface area contributed by atoms with Gasteiger partial charge >= 0.3 is 0 Å². The Kier molecular flexibility index (Phi) is 4.06. The number of benzene rings is 1. The van der Waals surface area contributed by atoms with Crippen molar-refractivity contribution in [2.24, 2.45) is 0 Å². The Morgan fingerprint density at radius 1 is 1.18 bits per heavy atom. The molecule has 2 atom stereocenters. The Hall–Kier alpha value is -1.02. The molecule has 0 saturated heterocycles. The molecular weight excluding hydrogens is 210 g/mol. The summed E-state index contributed by atoms with van der Waals surface area (Å²) >= 11 is 0. The minimum absolute atomic E-state index is 0.338. The molecular formula is C15H23NO. The highest BCUT2D eigenvalue weighted by Gasteiger charge is 2.27. The van der Waals surface area contributed by atoms with Gasteiger partial charge in [0.2, 0.25) is 0 Å². The lowest BCUT2D eigenvalue weighted by Crippen LogP contribution is -2.36. The van der Waals surface area contributed by atoms with Crippen LogP contribution in [0.3, 0.4) is 0 Å². The van der Waals surface area contributed by atoms with Gasteiger partial charge in [-0.2, -0.15) is 0 Å². The molecule has 0 aliphatic heterocycles. The molecule has 0 amide bonds. The second-order valence-electron chi connectivity index (χ2n) is 5.21. The van der Waals surface area contributed by atoms with E-state index >= 15 is 0 Å². The van der Waals surface area contributed by atoms with E-state index in [-0.39, 0.29) is 0 Å². The number of nitrogens with one attached hydrogen (secondary N) is 1. The highest BCUT2D eigenvalue weighted by molar-refractivity contribution is 5.29. The first-order valence-corrected chi connectivity index (χ1v) is 6.64. The summed E-state index contributed by atoms with van der Waals surface area (Å²) in [6.45, 7) is 4.42. The number of rotatable bonds is 4. The molecule has 0 radical (unpaired) electrons. The van der Waals surface area contributed by atoms with Crippen LogP contribution < -0.4 is 10.1 Å². The van der Waals surface area contributed by atoms with Gasteiger partial charge < -0.3 is 10.1 Å². The van der Waals surface area contributed by atoms with Crippen molar-refractivity contribution in [1.82, 2.24) is 5.32 Å². The van der Waals surface area contributed by atoms with Crippen LogP contribution in [-0.4, -0.2) is 19.2 Å². The Bertz CT molecular complexity index is 344.